The van der Waals surface area contributed by atoms with Gasteiger partial charge in [-0.1, -0.05) is 86.0 Å². The van der Waals surface area contributed by atoms with Gasteiger partial charge in [0.15, 0.2) is 0 Å². The minimum absolute atomic E-state index is 0.586. The number of hydrogen-bond donors (Lipinski definition) is 0. The van der Waals surface area contributed by atoms with Gasteiger partial charge in [-0.3, -0.25) is 0 Å². The summed E-state index contributed by atoms with van der Waals surface area (Å²) in [4.78, 5) is 0. The standard InChI is InChI=1S/C17H36/c1-6-8-12-16(3)13-10-11-15-17(4,5)14-9-7-2/h16H,6-15H2,1-5H3. The fraction of sp³-hybridized carbons (Fsp3) is 1.00. The maximum atomic E-state index is 2.45. The molecule has 0 rings (SSSR count). The lowest BCUT2D eigenvalue weighted by molar-refractivity contribution is 0.281. The van der Waals surface area contributed by atoms with Crippen LogP contribution in [0.5, 0.6) is 0 Å². The van der Waals surface area contributed by atoms with Crippen molar-refractivity contribution in [3.63, 3.8) is 0 Å². The predicted molar refractivity (Wildman–Crippen MR) is 80.5 cm³/mol. The Balaban J connectivity index is 3.48. The minimum atomic E-state index is 0.586. The van der Waals surface area contributed by atoms with E-state index < -0.39 is 0 Å². The average molecular weight is 240 g/mol. The molecule has 0 N–H and O–H groups in total. The van der Waals surface area contributed by atoms with Crippen LogP contribution in [0.15, 0.2) is 0 Å². The van der Waals surface area contributed by atoms with Crippen molar-refractivity contribution in [3.05, 3.63) is 0 Å². The Bertz CT molecular complexity index is 157. The molecule has 0 aliphatic rings. The van der Waals surface area contributed by atoms with Crippen LogP contribution < -0.4 is 0 Å². The van der Waals surface area contributed by atoms with Crippen molar-refractivity contribution < 1.29 is 0 Å². The molecule has 0 saturated carbocycles. The molecular formula is C17H36. The summed E-state index contributed by atoms with van der Waals surface area (Å²) in [6.07, 6.45) is 14.1. The molecule has 17 heavy (non-hydrogen) atoms. The Kier molecular flexibility index (Phi) is 9.97. The van der Waals surface area contributed by atoms with E-state index in [0.717, 1.165) is 5.92 Å². The summed E-state index contributed by atoms with van der Waals surface area (Å²) in [6, 6.07) is 0. The topological polar surface area (TPSA) is 0 Å². The van der Waals surface area contributed by atoms with Crippen LogP contribution in [0.1, 0.15) is 98.8 Å². The average Bonchev–Trinajstić information content (AvgIpc) is 2.29. The first kappa shape index (κ1) is 17.0. The summed E-state index contributed by atoms with van der Waals surface area (Å²) in [5, 5.41) is 0. The van der Waals surface area contributed by atoms with Crippen molar-refractivity contribution >= 4 is 0 Å². The second kappa shape index (κ2) is 9.97. The van der Waals surface area contributed by atoms with Gasteiger partial charge in [-0.25, -0.2) is 0 Å². The van der Waals surface area contributed by atoms with E-state index in [1.54, 1.807) is 0 Å². The number of unbranched alkanes of at least 4 members (excludes halogenated alkanes) is 3. The van der Waals surface area contributed by atoms with Crippen LogP contribution in [0, 0.1) is 11.3 Å². The zero-order valence-electron chi connectivity index (χ0n) is 13.1. The maximum Gasteiger partial charge on any atom is -0.0354 e. The van der Waals surface area contributed by atoms with Crippen LogP contribution in [0.4, 0.5) is 0 Å². The van der Waals surface area contributed by atoms with Crippen molar-refractivity contribution in [2.24, 2.45) is 11.3 Å². The molecule has 0 spiro atoms. The molecule has 0 aliphatic heterocycles. The van der Waals surface area contributed by atoms with Crippen molar-refractivity contribution in [2.45, 2.75) is 98.8 Å². The van der Waals surface area contributed by atoms with Gasteiger partial charge < -0.3 is 0 Å². The van der Waals surface area contributed by atoms with Crippen molar-refractivity contribution in [2.75, 3.05) is 0 Å². The van der Waals surface area contributed by atoms with Crippen molar-refractivity contribution in [3.8, 4) is 0 Å². The molecular weight excluding hydrogens is 204 g/mol. The molecule has 0 nitrogen and oxygen atoms in total. The first-order chi connectivity index (χ1) is 8.02. The van der Waals surface area contributed by atoms with Gasteiger partial charge in [0.25, 0.3) is 0 Å². The SMILES string of the molecule is CCCCC(C)CCCCC(C)(C)CCCC. The van der Waals surface area contributed by atoms with Gasteiger partial charge in [0.1, 0.15) is 0 Å². The highest BCUT2D eigenvalue weighted by Crippen LogP contribution is 2.30. The Labute approximate surface area is 111 Å². The summed E-state index contributed by atoms with van der Waals surface area (Å²) in [5.74, 6) is 0.953. The molecule has 0 aliphatic carbocycles. The van der Waals surface area contributed by atoms with Gasteiger partial charge in [-0.2, -0.15) is 0 Å². The molecule has 0 radical (unpaired) electrons. The fourth-order valence-corrected chi connectivity index (χ4v) is 2.57. The molecule has 0 aromatic heterocycles. The van der Waals surface area contributed by atoms with E-state index >= 15 is 0 Å². The molecule has 0 heterocycles. The highest BCUT2D eigenvalue weighted by Gasteiger charge is 2.16. The van der Waals surface area contributed by atoms with Crippen LogP contribution in [-0.4, -0.2) is 0 Å². The summed E-state index contributed by atoms with van der Waals surface area (Å²) in [6.45, 7) is 11.9. The van der Waals surface area contributed by atoms with Crippen LogP contribution in [-0.2, 0) is 0 Å². The summed E-state index contributed by atoms with van der Waals surface area (Å²) in [5.41, 5.74) is 0.586. The summed E-state index contributed by atoms with van der Waals surface area (Å²) < 4.78 is 0. The van der Waals surface area contributed by atoms with Gasteiger partial charge in [0, 0.05) is 0 Å². The van der Waals surface area contributed by atoms with E-state index in [1.807, 2.05) is 0 Å². The molecule has 0 saturated heterocycles. The predicted octanol–water partition coefficient (Wildman–Crippen LogP) is 6.59. The zero-order chi connectivity index (χ0) is 13.1. The van der Waals surface area contributed by atoms with Gasteiger partial charge in [0.2, 0.25) is 0 Å². The van der Waals surface area contributed by atoms with Gasteiger partial charge in [-0.15, -0.1) is 0 Å². The number of rotatable bonds is 11. The highest BCUT2D eigenvalue weighted by molar-refractivity contribution is 4.68. The Hall–Kier alpha value is 0. The minimum Gasteiger partial charge on any atom is -0.0654 e. The fourth-order valence-electron chi connectivity index (χ4n) is 2.57. The van der Waals surface area contributed by atoms with Crippen LogP contribution >= 0.6 is 0 Å². The molecule has 0 fully saturated rings. The first-order valence-corrected chi connectivity index (χ1v) is 8.02. The largest absolute Gasteiger partial charge is 0.0654 e. The van der Waals surface area contributed by atoms with Crippen LogP contribution in [0.2, 0.25) is 0 Å². The Morgan fingerprint density at radius 2 is 1.29 bits per heavy atom. The van der Waals surface area contributed by atoms with E-state index in [1.165, 1.54) is 64.2 Å². The second-order valence-corrected chi connectivity index (χ2v) is 6.76. The Morgan fingerprint density at radius 1 is 0.765 bits per heavy atom. The molecule has 0 bridgehead atoms. The lowest BCUT2D eigenvalue weighted by Crippen LogP contribution is -2.11. The van der Waals surface area contributed by atoms with E-state index in [0.29, 0.717) is 5.41 Å². The maximum absolute atomic E-state index is 2.45. The normalized spacial score (nSPS) is 13.9. The van der Waals surface area contributed by atoms with E-state index in [4.69, 9.17) is 0 Å². The first-order valence-electron chi connectivity index (χ1n) is 8.02. The van der Waals surface area contributed by atoms with Gasteiger partial charge in [0.05, 0.1) is 0 Å². The van der Waals surface area contributed by atoms with E-state index in [2.05, 4.69) is 34.6 Å². The van der Waals surface area contributed by atoms with Crippen molar-refractivity contribution in [1.82, 2.24) is 0 Å². The molecule has 0 amide bonds. The number of hydrogen-bond acceptors (Lipinski definition) is 0. The molecule has 0 heteroatoms. The third kappa shape index (κ3) is 10.9. The molecule has 1 unspecified atom stereocenters. The monoisotopic (exact) mass is 240 g/mol. The van der Waals surface area contributed by atoms with Crippen molar-refractivity contribution in [1.29, 1.82) is 0 Å². The zero-order valence-corrected chi connectivity index (χ0v) is 13.1. The lowest BCUT2D eigenvalue weighted by atomic mass is 9.82. The van der Waals surface area contributed by atoms with E-state index in [9.17, 15) is 0 Å². The smallest absolute Gasteiger partial charge is 0.0354 e. The third-order valence-corrected chi connectivity index (χ3v) is 4.06. The van der Waals surface area contributed by atoms with Gasteiger partial charge >= 0.3 is 0 Å². The highest BCUT2D eigenvalue weighted by atomic mass is 14.2. The lowest BCUT2D eigenvalue weighted by Gasteiger charge is -2.24. The second-order valence-electron chi connectivity index (χ2n) is 6.76. The molecule has 104 valence electrons. The van der Waals surface area contributed by atoms with Crippen LogP contribution in [0.25, 0.3) is 0 Å². The summed E-state index contributed by atoms with van der Waals surface area (Å²) in [7, 11) is 0. The molecule has 1 atom stereocenters. The van der Waals surface area contributed by atoms with E-state index in [-0.39, 0.29) is 0 Å². The quantitative estimate of drug-likeness (QED) is 0.357. The molecule has 0 aromatic carbocycles. The Morgan fingerprint density at radius 3 is 1.88 bits per heavy atom. The third-order valence-electron chi connectivity index (χ3n) is 4.06. The molecule has 0 aromatic rings. The van der Waals surface area contributed by atoms with Crippen LogP contribution in [0.3, 0.4) is 0 Å². The summed E-state index contributed by atoms with van der Waals surface area (Å²) >= 11 is 0. The van der Waals surface area contributed by atoms with Gasteiger partial charge in [-0.05, 0) is 24.2 Å².